The molecule has 0 aromatic carbocycles. The van der Waals surface area contributed by atoms with E-state index in [0.29, 0.717) is 5.96 Å². The maximum absolute atomic E-state index is 8.82. The van der Waals surface area contributed by atoms with E-state index in [0.717, 1.165) is 6.42 Å². The lowest BCUT2D eigenvalue weighted by Crippen LogP contribution is -2.43. The molecule has 0 heterocycles. The average molecular weight is 159 g/mol. The van der Waals surface area contributed by atoms with Crippen molar-refractivity contribution in [3.8, 4) is 0 Å². The Morgan fingerprint density at radius 2 is 2.27 bits per heavy atom. The van der Waals surface area contributed by atoms with Crippen LogP contribution in [0.25, 0.3) is 0 Å². The minimum absolute atomic E-state index is 0.0983. The highest BCUT2D eigenvalue weighted by atomic mass is 16.3. The summed E-state index contributed by atoms with van der Waals surface area (Å²) in [5, 5.41) is 14.7. The second kappa shape index (κ2) is 5.97. The molecule has 66 valence electrons. The molecule has 0 aliphatic heterocycles. The van der Waals surface area contributed by atoms with Gasteiger partial charge in [0.25, 0.3) is 0 Å². The van der Waals surface area contributed by atoms with E-state index in [2.05, 4.69) is 15.6 Å². The minimum Gasteiger partial charge on any atom is -0.394 e. The van der Waals surface area contributed by atoms with Gasteiger partial charge in [0.1, 0.15) is 0 Å². The van der Waals surface area contributed by atoms with Crippen LogP contribution in [0, 0.1) is 0 Å². The number of nitrogens with one attached hydrogen (secondary N) is 2. The number of aliphatic hydroxyl groups is 1. The van der Waals surface area contributed by atoms with E-state index in [-0.39, 0.29) is 12.6 Å². The van der Waals surface area contributed by atoms with Crippen LogP contribution in [0.2, 0.25) is 0 Å². The van der Waals surface area contributed by atoms with Crippen LogP contribution in [0.15, 0.2) is 4.99 Å². The summed E-state index contributed by atoms with van der Waals surface area (Å²) in [5.41, 5.74) is 0. The van der Waals surface area contributed by atoms with Crippen molar-refractivity contribution < 1.29 is 5.11 Å². The van der Waals surface area contributed by atoms with Crippen LogP contribution in [0.4, 0.5) is 0 Å². The normalized spacial score (nSPS) is 14.4. The number of nitrogens with zero attached hydrogens (tertiary/aromatic N) is 1. The van der Waals surface area contributed by atoms with Crippen LogP contribution in [-0.4, -0.2) is 37.8 Å². The molecule has 0 aromatic rings. The summed E-state index contributed by atoms with van der Waals surface area (Å²) in [6.45, 7) is 2.15. The van der Waals surface area contributed by atoms with Gasteiger partial charge in [0.15, 0.2) is 5.96 Å². The fourth-order valence-corrected chi connectivity index (χ4v) is 0.719. The van der Waals surface area contributed by atoms with Crippen LogP contribution in [-0.2, 0) is 0 Å². The van der Waals surface area contributed by atoms with Crippen LogP contribution >= 0.6 is 0 Å². The van der Waals surface area contributed by atoms with Crippen LogP contribution in [0.5, 0.6) is 0 Å². The summed E-state index contributed by atoms with van der Waals surface area (Å²) >= 11 is 0. The highest BCUT2D eigenvalue weighted by Gasteiger charge is 2.04. The first kappa shape index (κ1) is 10.2. The van der Waals surface area contributed by atoms with Crippen molar-refractivity contribution in [2.45, 2.75) is 19.4 Å². The Morgan fingerprint density at radius 1 is 1.64 bits per heavy atom. The third-order valence-corrected chi connectivity index (χ3v) is 1.51. The van der Waals surface area contributed by atoms with Gasteiger partial charge in [-0.2, -0.15) is 0 Å². The zero-order valence-corrected chi connectivity index (χ0v) is 7.39. The largest absolute Gasteiger partial charge is 0.394 e. The van der Waals surface area contributed by atoms with Gasteiger partial charge in [0.2, 0.25) is 0 Å². The van der Waals surface area contributed by atoms with Gasteiger partial charge in [0.05, 0.1) is 12.6 Å². The highest BCUT2D eigenvalue weighted by molar-refractivity contribution is 5.79. The van der Waals surface area contributed by atoms with Gasteiger partial charge >= 0.3 is 0 Å². The number of aliphatic imine (C=N–C) groups is 1. The predicted molar refractivity (Wildman–Crippen MR) is 46.7 cm³/mol. The summed E-state index contributed by atoms with van der Waals surface area (Å²) in [6, 6.07) is 0.0983. The highest BCUT2D eigenvalue weighted by Crippen LogP contribution is 1.87. The van der Waals surface area contributed by atoms with Crippen molar-refractivity contribution in [2.75, 3.05) is 20.7 Å². The Balaban J connectivity index is 3.78. The predicted octanol–water partition coefficient (Wildman–Crippen LogP) is -0.448. The molecule has 3 N–H and O–H groups in total. The van der Waals surface area contributed by atoms with Gasteiger partial charge in [-0.05, 0) is 6.42 Å². The number of guanidine groups is 1. The molecule has 0 bridgehead atoms. The molecule has 0 radical (unpaired) electrons. The number of rotatable bonds is 3. The number of hydrogen-bond donors (Lipinski definition) is 3. The zero-order valence-electron chi connectivity index (χ0n) is 7.39. The van der Waals surface area contributed by atoms with E-state index in [1.165, 1.54) is 0 Å². The summed E-state index contributed by atoms with van der Waals surface area (Å²) in [4.78, 5) is 3.93. The third kappa shape index (κ3) is 3.83. The van der Waals surface area contributed by atoms with Gasteiger partial charge in [0, 0.05) is 14.1 Å². The lowest BCUT2D eigenvalue weighted by molar-refractivity contribution is 0.252. The monoisotopic (exact) mass is 159 g/mol. The fourth-order valence-electron chi connectivity index (χ4n) is 0.719. The van der Waals surface area contributed by atoms with E-state index in [4.69, 9.17) is 5.11 Å². The van der Waals surface area contributed by atoms with E-state index in [1.807, 2.05) is 6.92 Å². The third-order valence-electron chi connectivity index (χ3n) is 1.51. The average Bonchev–Trinajstić information content (AvgIpc) is 2.07. The molecule has 0 amide bonds. The van der Waals surface area contributed by atoms with Gasteiger partial charge in [-0.3, -0.25) is 4.99 Å². The van der Waals surface area contributed by atoms with Crippen LogP contribution in [0.1, 0.15) is 13.3 Å². The molecule has 0 aliphatic carbocycles. The van der Waals surface area contributed by atoms with Crippen molar-refractivity contribution in [1.29, 1.82) is 0 Å². The number of aliphatic hydroxyl groups excluding tert-OH is 1. The standard InChI is InChI=1S/C7H17N3O/c1-4-6(5-11)10-7(8-2)9-3/h6,11H,4-5H2,1-3H3,(H2,8,9,10)/t6-/m1/s1. The summed E-state index contributed by atoms with van der Waals surface area (Å²) < 4.78 is 0. The van der Waals surface area contributed by atoms with Gasteiger partial charge in [-0.15, -0.1) is 0 Å². The molecule has 4 nitrogen and oxygen atoms in total. The van der Waals surface area contributed by atoms with Crippen molar-refractivity contribution in [3.63, 3.8) is 0 Å². The molecule has 0 saturated carbocycles. The lowest BCUT2D eigenvalue weighted by atomic mass is 10.2. The van der Waals surface area contributed by atoms with Gasteiger partial charge < -0.3 is 15.7 Å². The van der Waals surface area contributed by atoms with Crippen molar-refractivity contribution in [2.24, 2.45) is 4.99 Å². The molecular formula is C7H17N3O. The van der Waals surface area contributed by atoms with Crippen molar-refractivity contribution >= 4 is 5.96 Å². The maximum Gasteiger partial charge on any atom is 0.191 e. The second-order valence-electron chi connectivity index (χ2n) is 2.25. The maximum atomic E-state index is 8.82. The van der Waals surface area contributed by atoms with E-state index in [9.17, 15) is 0 Å². The van der Waals surface area contributed by atoms with Crippen LogP contribution in [0.3, 0.4) is 0 Å². The molecule has 0 fully saturated rings. The molecule has 11 heavy (non-hydrogen) atoms. The summed E-state index contributed by atoms with van der Waals surface area (Å²) in [5.74, 6) is 0.714. The molecule has 0 aliphatic rings. The molecular weight excluding hydrogens is 142 g/mol. The summed E-state index contributed by atoms with van der Waals surface area (Å²) in [6.07, 6.45) is 0.886. The van der Waals surface area contributed by atoms with Gasteiger partial charge in [-0.25, -0.2) is 0 Å². The zero-order chi connectivity index (χ0) is 8.69. The first-order valence-corrected chi connectivity index (χ1v) is 3.80. The van der Waals surface area contributed by atoms with E-state index in [1.54, 1.807) is 14.1 Å². The second-order valence-corrected chi connectivity index (χ2v) is 2.25. The smallest absolute Gasteiger partial charge is 0.191 e. The van der Waals surface area contributed by atoms with Crippen LogP contribution < -0.4 is 10.6 Å². The Labute approximate surface area is 67.7 Å². The molecule has 0 unspecified atom stereocenters. The molecule has 4 heteroatoms. The first-order valence-electron chi connectivity index (χ1n) is 3.80. The Kier molecular flexibility index (Phi) is 5.56. The topological polar surface area (TPSA) is 56.6 Å². The molecule has 0 spiro atoms. The molecule has 0 aromatic heterocycles. The Morgan fingerprint density at radius 3 is 2.55 bits per heavy atom. The molecule has 0 rings (SSSR count). The SMILES string of the molecule is CC[C@H](CO)NC(=NC)NC. The van der Waals surface area contributed by atoms with Crippen molar-refractivity contribution in [1.82, 2.24) is 10.6 Å². The minimum atomic E-state index is 0.0983. The number of hydrogen-bond acceptors (Lipinski definition) is 2. The quantitative estimate of drug-likeness (QED) is 0.386. The molecule has 0 saturated heterocycles. The first-order chi connectivity index (χ1) is 5.28. The molecule has 1 atom stereocenters. The van der Waals surface area contributed by atoms with Gasteiger partial charge in [-0.1, -0.05) is 6.92 Å². The van der Waals surface area contributed by atoms with E-state index >= 15 is 0 Å². The fraction of sp³-hybridized carbons (Fsp3) is 0.857. The Hall–Kier alpha value is -0.770. The van der Waals surface area contributed by atoms with E-state index < -0.39 is 0 Å². The summed E-state index contributed by atoms with van der Waals surface area (Å²) in [7, 11) is 3.49. The van der Waals surface area contributed by atoms with Crippen molar-refractivity contribution in [3.05, 3.63) is 0 Å². The Bertz CT molecular complexity index is 121. The lowest BCUT2D eigenvalue weighted by Gasteiger charge is -2.16.